The lowest BCUT2D eigenvalue weighted by molar-refractivity contribution is -0.115. The van der Waals surface area contributed by atoms with E-state index in [1.54, 1.807) is 7.11 Å². The van der Waals surface area contributed by atoms with Crippen LogP contribution in [0.5, 0.6) is 0 Å². The van der Waals surface area contributed by atoms with Crippen molar-refractivity contribution in [1.29, 1.82) is 0 Å². The molecule has 17 heavy (non-hydrogen) atoms. The number of methoxy groups -OCH3 is 1. The van der Waals surface area contributed by atoms with Gasteiger partial charge in [0.2, 0.25) is 5.91 Å². The molecule has 0 radical (unpaired) electrons. The Hall–Kier alpha value is -1.53. The van der Waals surface area contributed by atoms with E-state index in [2.05, 4.69) is 10.6 Å². The second kappa shape index (κ2) is 6.93. The maximum atomic E-state index is 13.2. The molecule has 0 atom stereocenters. The number of nitrogens with one attached hydrogen (secondary N) is 2. The Labute approximate surface area is 98.0 Å². The van der Waals surface area contributed by atoms with Gasteiger partial charge in [-0.05, 0) is 12.1 Å². The van der Waals surface area contributed by atoms with E-state index in [1.165, 1.54) is 0 Å². The summed E-state index contributed by atoms with van der Waals surface area (Å²) >= 11 is 0. The Morgan fingerprint density at radius 3 is 2.88 bits per heavy atom. The second-order valence-corrected chi connectivity index (χ2v) is 3.34. The third-order valence-corrected chi connectivity index (χ3v) is 1.97. The molecule has 6 heteroatoms. The zero-order valence-electron chi connectivity index (χ0n) is 9.43. The number of hydrogen-bond acceptors (Lipinski definition) is 3. The van der Waals surface area contributed by atoms with E-state index < -0.39 is 17.5 Å². The molecule has 94 valence electrons. The smallest absolute Gasteiger partial charge is 0.238 e. The fraction of sp³-hybridized carbons (Fsp3) is 0.364. The van der Waals surface area contributed by atoms with E-state index in [9.17, 15) is 13.6 Å². The van der Waals surface area contributed by atoms with Crippen molar-refractivity contribution in [1.82, 2.24) is 5.32 Å². The molecule has 1 aromatic carbocycles. The molecule has 0 aromatic heterocycles. The lowest BCUT2D eigenvalue weighted by atomic mass is 10.3. The largest absolute Gasteiger partial charge is 0.383 e. The van der Waals surface area contributed by atoms with Crippen LogP contribution in [-0.4, -0.2) is 32.7 Å². The van der Waals surface area contributed by atoms with Crippen LogP contribution >= 0.6 is 0 Å². The molecule has 0 unspecified atom stereocenters. The molecule has 1 aromatic rings. The lowest BCUT2D eigenvalue weighted by Crippen LogP contribution is -2.30. The summed E-state index contributed by atoms with van der Waals surface area (Å²) in [5.41, 5.74) is -0.163. The molecule has 1 rings (SSSR count). The number of benzene rings is 1. The van der Waals surface area contributed by atoms with Gasteiger partial charge in [0.1, 0.15) is 11.6 Å². The molecule has 1 amide bonds. The van der Waals surface area contributed by atoms with Crippen molar-refractivity contribution in [2.75, 3.05) is 32.1 Å². The first-order valence-electron chi connectivity index (χ1n) is 5.08. The van der Waals surface area contributed by atoms with Gasteiger partial charge in [0.05, 0.1) is 18.8 Å². The summed E-state index contributed by atoms with van der Waals surface area (Å²) < 4.78 is 30.7. The molecule has 0 aliphatic rings. The van der Waals surface area contributed by atoms with Gasteiger partial charge >= 0.3 is 0 Å². The van der Waals surface area contributed by atoms with Gasteiger partial charge in [-0.25, -0.2) is 8.78 Å². The van der Waals surface area contributed by atoms with Gasteiger partial charge < -0.3 is 15.4 Å². The molecule has 0 bridgehead atoms. The molecule has 0 spiro atoms. The van der Waals surface area contributed by atoms with Crippen LogP contribution in [0.15, 0.2) is 18.2 Å². The highest BCUT2D eigenvalue weighted by Crippen LogP contribution is 2.14. The highest BCUT2D eigenvalue weighted by atomic mass is 19.1. The van der Waals surface area contributed by atoms with E-state index in [1.807, 2.05) is 0 Å². The van der Waals surface area contributed by atoms with Gasteiger partial charge in [-0.3, -0.25) is 4.79 Å². The minimum Gasteiger partial charge on any atom is -0.383 e. The van der Waals surface area contributed by atoms with Crippen molar-refractivity contribution in [3.63, 3.8) is 0 Å². The molecule has 0 fully saturated rings. The predicted molar refractivity (Wildman–Crippen MR) is 59.7 cm³/mol. The zero-order valence-corrected chi connectivity index (χ0v) is 9.43. The summed E-state index contributed by atoms with van der Waals surface area (Å²) in [6.07, 6.45) is 0. The van der Waals surface area contributed by atoms with E-state index in [0.717, 1.165) is 18.2 Å². The third kappa shape index (κ3) is 4.88. The Kier molecular flexibility index (Phi) is 5.51. The van der Waals surface area contributed by atoms with Gasteiger partial charge in [-0.1, -0.05) is 0 Å². The molecule has 2 N–H and O–H groups in total. The quantitative estimate of drug-likeness (QED) is 0.738. The maximum Gasteiger partial charge on any atom is 0.238 e. The first-order valence-corrected chi connectivity index (χ1v) is 5.08. The van der Waals surface area contributed by atoms with Crippen molar-refractivity contribution in [3.05, 3.63) is 29.8 Å². The van der Waals surface area contributed by atoms with Crippen molar-refractivity contribution in [3.8, 4) is 0 Å². The third-order valence-electron chi connectivity index (χ3n) is 1.97. The average Bonchev–Trinajstić information content (AvgIpc) is 2.29. The topological polar surface area (TPSA) is 50.4 Å². The molecular formula is C11H14F2N2O2. The minimum atomic E-state index is -0.670. The van der Waals surface area contributed by atoms with Gasteiger partial charge in [0, 0.05) is 19.7 Å². The number of carbonyl (C=O) groups excluding carboxylic acids is 1. The monoisotopic (exact) mass is 244 g/mol. The van der Waals surface area contributed by atoms with Gasteiger partial charge in [-0.15, -0.1) is 0 Å². The predicted octanol–water partition coefficient (Wildman–Crippen LogP) is 1.14. The van der Waals surface area contributed by atoms with Crippen molar-refractivity contribution < 1.29 is 18.3 Å². The molecule has 4 nitrogen and oxygen atoms in total. The van der Waals surface area contributed by atoms with Crippen LogP contribution in [0, 0.1) is 11.6 Å². The summed E-state index contributed by atoms with van der Waals surface area (Å²) in [7, 11) is 1.55. The van der Waals surface area contributed by atoms with Gasteiger partial charge in [0.25, 0.3) is 0 Å². The number of rotatable bonds is 6. The summed E-state index contributed by atoms with van der Waals surface area (Å²) in [5, 5.41) is 5.06. The SMILES string of the molecule is COCCNCC(=O)Nc1cc(F)ccc1F. The highest BCUT2D eigenvalue weighted by molar-refractivity contribution is 5.92. The fourth-order valence-corrected chi connectivity index (χ4v) is 1.16. The minimum absolute atomic E-state index is 0.0132. The van der Waals surface area contributed by atoms with E-state index in [0.29, 0.717) is 13.2 Å². The summed E-state index contributed by atoms with van der Waals surface area (Å²) in [4.78, 5) is 11.3. The summed E-state index contributed by atoms with van der Waals surface area (Å²) in [6, 6.07) is 2.88. The Bertz CT molecular complexity index is 386. The number of ether oxygens (including phenoxy) is 1. The first-order chi connectivity index (χ1) is 8.13. The van der Waals surface area contributed by atoms with Crippen LogP contribution in [-0.2, 0) is 9.53 Å². The molecule has 0 aliphatic carbocycles. The number of anilines is 1. The van der Waals surface area contributed by atoms with Crippen LogP contribution < -0.4 is 10.6 Å². The Morgan fingerprint density at radius 2 is 2.18 bits per heavy atom. The molecular weight excluding hydrogens is 230 g/mol. The summed E-state index contributed by atoms with van der Waals surface area (Å²) in [6.45, 7) is 0.997. The van der Waals surface area contributed by atoms with Crippen LogP contribution in [0.4, 0.5) is 14.5 Å². The molecule has 0 heterocycles. The van der Waals surface area contributed by atoms with E-state index >= 15 is 0 Å². The number of carbonyl (C=O) groups is 1. The Balaban J connectivity index is 2.42. The van der Waals surface area contributed by atoms with Crippen molar-refractivity contribution in [2.24, 2.45) is 0 Å². The number of amides is 1. The lowest BCUT2D eigenvalue weighted by Gasteiger charge is -2.07. The fourth-order valence-electron chi connectivity index (χ4n) is 1.16. The van der Waals surface area contributed by atoms with E-state index in [-0.39, 0.29) is 12.2 Å². The molecule has 0 aliphatic heterocycles. The number of hydrogen-bond donors (Lipinski definition) is 2. The van der Waals surface area contributed by atoms with Gasteiger partial charge in [-0.2, -0.15) is 0 Å². The standard InChI is InChI=1S/C11H14F2N2O2/c1-17-5-4-14-7-11(16)15-10-6-8(12)2-3-9(10)13/h2-3,6,14H,4-5,7H2,1H3,(H,15,16). The van der Waals surface area contributed by atoms with Crippen LogP contribution in [0.25, 0.3) is 0 Å². The zero-order chi connectivity index (χ0) is 12.7. The van der Waals surface area contributed by atoms with Crippen molar-refractivity contribution in [2.45, 2.75) is 0 Å². The van der Waals surface area contributed by atoms with Crippen molar-refractivity contribution >= 4 is 11.6 Å². The average molecular weight is 244 g/mol. The summed E-state index contributed by atoms with van der Waals surface area (Å²) in [5.74, 6) is -1.71. The highest BCUT2D eigenvalue weighted by Gasteiger charge is 2.07. The van der Waals surface area contributed by atoms with Gasteiger partial charge in [0.15, 0.2) is 0 Å². The molecule has 0 saturated heterocycles. The second-order valence-electron chi connectivity index (χ2n) is 3.34. The molecule has 0 saturated carbocycles. The number of halogens is 2. The normalized spacial score (nSPS) is 10.3. The van der Waals surface area contributed by atoms with Crippen LogP contribution in [0.1, 0.15) is 0 Å². The van der Waals surface area contributed by atoms with Crippen LogP contribution in [0.2, 0.25) is 0 Å². The maximum absolute atomic E-state index is 13.2. The van der Waals surface area contributed by atoms with E-state index in [4.69, 9.17) is 4.74 Å². The first kappa shape index (κ1) is 13.5. The van der Waals surface area contributed by atoms with Crippen LogP contribution in [0.3, 0.4) is 0 Å². The Morgan fingerprint density at radius 1 is 1.41 bits per heavy atom.